The first-order valence-electron chi connectivity index (χ1n) is 7.87. The summed E-state index contributed by atoms with van der Waals surface area (Å²) < 4.78 is 0. The quantitative estimate of drug-likeness (QED) is 0.736. The van der Waals surface area contributed by atoms with Crippen molar-refractivity contribution in [3.05, 3.63) is 0 Å². The van der Waals surface area contributed by atoms with Crippen LogP contribution in [0.1, 0.15) is 58.3 Å². The van der Waals surface area contributed by atoms with Crippen molar-refractivity contribution in [2.45, 2.75) is 70.4 Å². The van der Waals surface area contributed by atoms with Crippen LogP contribution in [-0.2, 0) is 0 Å². The molecule has 2 fully saturated rings. The predicted octanol–water partition coefficient (Wildman–Crippen LogP) is 2.42. The number of aliphatic hydroxyl groups is 1. The third-order valence-corrected chi connectivity index (χ3v) is 4.73. The molecule has 4 heteroatoms. The lowest BCUT2D eigenvalue weighted by Crippen LogP contribution is -2.50. The summed E-state index contributed by atoms with van der Waals surface area (Å²) in [6.45, 7) is 2.44. The molecule has 2 rings (SSSR count). The molecule has 2 aliphatic carbocycles. The number of carbonyl (C=O) groups is 1. The van der Waals surface area contributed by atoms with Crippen molar-refractivity contribution in [1.29, 1.82) is 0 Å². The second kappa shape index (κ2) is 7.13. The Hall–Kier alpha value is -0.770. The van der Waals surface area contributed by atoms with Gasteiger partial charge in [0.2, 0.25) is 0 Å². The second-order valence-corrected chi connectivity index (χ2v) is 6.42. The van der Waals surface area contributed by atoms with E-state index in [1.54, 1.807) is 0 Å². The highest BCUT2D eigenvalue weighted by atomic mass is 16.3. The summed E-state index contributed by atoms with van der Waals surface area (Å²) in [5.41, 5.74) is 0. The van der Waals surface area contributed by atoms with E-state index in [9.17, 15) is 9.90 Å². The number of rotatable bonds is 3. The highest BCUT2D eigenvalue weighted by Gasteiger charge is 2.27. The number of aliphatic hydroxyl groups excluding tert-OH is 1. The highest BCUT2D eigenvalue weighted by molar-refractivity contribution is 5.74. The van der Waals surface area contributed by atoms with Gasteiger partial charge in [-0.05, 0) is 31.6 Å². The number of amides is 2. The number of urea groups is 1. The lowest BCUT2D eigenvalue weighted by atomic mass is 9.85. The molecule has 0 aromatic heterocycles. The first-order valence-corrected chi connectivity index (χ1v) is 7.87. The molecular formula is C15H28N2O2. The summed E-state index contributed by atoms with van der Waals surface area (Å²) in [7, 11) is 0. The first-order chi connectivity index (χ1) is 9.19. The third-order valence-electron chi connectivity index (χ3n) is 4.73. The van der Waals surface area contributed by atoms with E-state index < -0.39 is 0 Å². The summed E-state index contributed by atoms with van der Waals surface area (Å²) in [6, 6.07) is 0.448. The Bertz CT molecular complexity index is 296. The predicted molar refractivity (Wildman–Crippen MR) is 75.9 cm³/mol. The van der Waals surface area contributed by atoms with E-state index >= 15 is 0 Å². The Morgan fingerprint density at radius 2 is 1.89 bits per heavy atom. The molecule has 4 unspecified atom stereocenters. The van der Waals surface area contributed by atoms with Crippen LogP contribution in [0.15, 0.2) is 0 Å². The lowest BCUT2D eigenvalue weighted by Gasteiger charge is -2.32. The Morgan fingerprint density at radius 1 is 1.11 bits per heavy atom. The summed E-state index contributed by atoms with van der Waals surface area (Å²) >= 11 is 0. The number of carbonyl (C=O) groups excluding carboxylic acids is 1. The van der Waals surface area contributed by atoms with Crippen molar-refractivity contribution in [3.8, 4) is 0 Å². The van der Waals surface area contributed by atoms with Crippen LogP contribution in [0.4, 0.5) is 4.79 Å². The maximum absolute atomic E-state index is 12.0. The van der Waals surface area contributed by atoms with E-state index in [1.807, 2.05) is 0 Å². The van der Waals surface area contributed by atoms with Gasteiger partial charge in [-0.1, -0.05) is 32.6 Å². The molecular weight excluding hydrogens is 240 g/mol. The Balaban J connectivity index is 1.76. The number of nitrogens with one attached hydrogen (secondary N) is 2. The molecule has 0 saturated heterocycles. The average Bonchev–Trinajstić information content (AvgIpc) is 2.39. The zero-order valence-electron chi connectivity index (χ0n) is 12.0. The van der Waals surface area contributed by atoms with Crippen molar-refractivity contribution in [2.24, 2.45) is 11.8 Å². The van der Waals surface area contributed by atoms with Crippen LogP contribution in [0.3, 0.4) is 0 Å². The van der Waals surface area contributed by atoms with Gasteiger partial charge in [-0.15, -0.1) is 0 Å². The molecule has 3 N–H and O–H groups in total. The van der Waals surface area contributed by atoms with E-state index in [2.05, 4.69) is 17.6 Å². The fourth-order valence-electron chi connectivity index (χ4n) is 3.58. The SMILES string of the molecule is CC1CCCC(NC(=O)NC2CCCCC2CO)C1. The molecule has 4 atom stereocenters. The van der Waals surface area contributed by atoms with Crippen molar-refractivity contribution in [2.75, 3.05) is 6.61 Å². The minimum Gasteiger partial charge on any atom is -0.396 e. The van der Waals surface area contributed by atoms with E-state index in [-0.39, 0.29) is 24.6 Å². The molecule has 0 heterocycles. The molecule has 2 saturated carbocycles. The normalized spacial score (nSPS) is 35.7. The van der Waals surface area contributed by atoms with Crippen LogP contribution in [0.2, 0.25) is 0 Å². The standard InChI is InChI=1S/C15H28N2O2/c1-11-5-4-7-13(9-11)16-15(19)17-14-8-3-2-6-12(14)10-18/h11-14,18H,2-10H2,1H3,(H2,16,17,19). The largest absolute Gasteiger partial charge is 0.396 e. The van der Waals surface area contributed by atoms with Gasteiger partial charge in [0.1, 0.15) is 0 Å². The molecule has 0 aromatic rings. The van der Waals surface area contributed by atoms with E-state index in [4.69, 9.17) is 0 Å². The molecule has 0 radical (unpaired) electrons. The van der Waals surface area contributed by atoms with Crippen LogP contribution in [0, 0.1) is 11.8 Å². The zero-order valence-corrected chi connectivity index (χ0v) is 12.0. The highest BCUT2D eigenvalue weighted by Crippen LogP contribution is 2.25. The molecule has 2 amide bonds. The maximum Gasteiger partial charge on any atom is 0.315 e. The second-order valence-electron chi connectivity index (χ2n) is 6.42. The van der Waals surface area contributed by atoms with Crippen molar-refractivity contribution >= 4 is 6.03 Å². The molecule has 0 spiro atoms. The number of hydrogen-bond acceptors (Lipinski definition) is 2. The van der Waals surface area contributed by atoms with E-state index in [0.717, 1.165) is 38.0 Å². The molecule has 2 aliphatic rings. The lowest BCUT2D eigenvalue weighted by molar-refractivity contribution is 0.152. The maximum atomic E-state index is 12.0. The summed E-state index contributed by atoms with van der Waals surface area (Å²) in [5, 5.41) is 15.5. The van der Waals surface area contributed by atoms with Crippen molar-refractivity contribution < 1.29 is 9.90 Å². The van der Waals surface area contributed by atoms with Gasteiger partial charge in [-0.3, -0.25) is 0 Å². The van der Waals surface area contributed by atoms with Crippen LogP contribution < -0.4 is 10.6 Å². The van der Waals surface area contributed by atoms with Gasteiger partial charge >= 0.3 is 6.03 Å². The van der Waals surface area contributed by atoms with Crippen LogP contribution >= 0.6 is 0 Å². The van der Waals surface area contributed by atoms with Crippen LogP contribution in [0.25, 0.3) is 0 Å². The van der Waals surface area contributed by atoms with Gasteiger partial charge in [0, 0.05) is 24.6 Å². The van der Waals surface area contributed by atoms with Gasteiger partial charge in [0.05, 0.1) is 0 Å². The van der Waals surface area contributed by atoms with Crippen molar-refractivity contribution in [1.82, 2.24) is 10.6 Å². The monoisotopic (exact) mass is 268 g/mol. The molecule has 0 aromatic carbocycles. The number of hydrogen-bond donors (Lipinski definition) is 3. The fourth-order valence-corrected chi connectivity index (χ4v) is 3.58. The van der Waals surface area contributed by atoms with Crippen LogP contribution in [-0.4, -0.2) is 29.8 Å². The van der Waals surface area contributed by atoms with Crippen LogP contribution in [0.5, 0.6) is 0 Å². The van der Waals surface area contributed by atoms with Gasteiger partial charge in [-0.2, -0.15) is 0 Å². The first kappa shape index (κ1) is 14.6. The Kier molecular flexibility index (Phi) is 5.49. The van der Waals surface area contributed by atoms with Gasteiger partial charge in [-0.25, -0.2) is 4.79 Å². The molecule has 4 nitrogen and oxygen atoms in total. The van der Waals surface area contributed by atoms with Gasteiger partial charge in [0.15, 0.2) is 0 Å². The molecule has 19 heavy (non-hydrogen) atoms. The smallest absolute Gasteiger partial charge is 0.315 e. The topological polar surface area (TPSA) is 61.4 Å². The molecule has 110 valence electrons. The summed E-state index contributed by atoms with van der Waals surface area (Å²) in [6.07, 6.45) is 9.06. The fraction of sp³-hybridized carbons (Fsp3) is 0.933. The zero-order chi connectivity index (χ0) is 13.7. The minimum absolute atomic E-state index is 0.0375. The average molecular weight is 268 g/mol. The van der Waals surface area contributed by atoms with E-state index in [0.29, 0.717) is 6.04 Å². The minimum atomic E-state index is -0.0375. The Labute approximate surface area is 116 Å². The summed E-state index contributed by atoms with van der Waals surface area (Å²) in [4.78, 5) is 12.0. The van der Waals surface area contributed by atoms with Gasteiger partial charge < -0.3 is 15.7 Å². The molecule has 0 bridgehead atoms. The van der Waals surface area contributed by atoms with E-state index in [1.165, 1.54) is 19.3 Å². The third kappa shape index (κ3) is 4.37. The summed E-state index contributed by atoms with van der Waals surface area (Å²) in [5.74, 6) is 0.962. The molecule has 0 aliphatic heterocycles. The van der Waals surface area contributed by atoms with Gasteiger partial charge in [0.25, 0.3) is 0 Å². The Morgan fingerprint density at radius 3 is 2.63 bits per heavy atom. The van der Waals surface area contributed by atoms with Crippen molar-refractivity contribution in [3.63, 3.8) is 0 Å².